The number of hydrogen-bond donors (Lipinski definition) is 2. The number of carbonyl (C=O) groups is 1. The molecule has 1 fully saturated rings. The van der Waals surface area contributed by atoms with Gasteiger partial charge in [0.15, 0.2) is 18.1 Å². The molecule has 5 heteroatoms. The van der Waals surface area contributed by atoms with Crippen LogP contribution in [0.3, 0.4) is 0 Å². The topological polar surface area (TPSA) is 67.8 Å². The number of phenols is 1. The molecule has 98 valence electrons. The minimum Gasteiger partial charge on any atom is -0.504 e. The first-order valence-corrected chi connectivity index (χ1v) is 6.05. The molecule has 0 unspecified atom stereocenters. The molecule has 1 atom stereocenters. The highest BCUT2D eigenvalue weighted by Crippen LogP contribution is 2.23. The van der Waals surface area contributed by atoms with E-state index >= 15 is 0 Å². The van der Waals surface area contributed by atoms with Gasteiger partial charge >= 0.3 is 0 Å². The number of ether oxygens (including phenoxy) is 2. The highest BCUT2D eigenvalue weighted by molar-refractivity contribution is 5.77. The zero-order valence-electron chi connectivity index (χ0n) is 10.1. The number of amides is 1. The van der Waals surface area contributed by atoms with Crippen molar-refractivity contribution in [1.29, 1.82) is 0 Å². The van der Waals surface area contributed by atoms with Crippen molar-refractivity contribution in [2.75, 3.05) is 19.8 Å². The average molecular weight is 251 g/mol. The van der Waals surface area contributed by atoms with E-state index in [-0.39, 0.29) is 24.4 Å². The van der Waals surface area contributed by atoms with Crippen LogP contribution in [0.15, 0.2) is 24.3 Å². The van der Waals surface area contributed by atoms with E-state index in [2.05, 4.69) is 5.32 Å². The molecule has 1 saturated heterocycles. The van der Waals surface area contributed by atoms with Crippen LogP contribution in [0.25, 0.3) is 0 Å². The van der Waals surface area contributed by atoms with Gasteiger partial charge in [-0.15, -0.1) is 0 Å². The molecule has 1 aromatic carbocycles. The van der Waals surface area contributed by atoms with E-state index in [0.29, 0.717) is 12.3 Å². The maximum atomic E-state index is 11.5. The molecule has 0 aromatic heterocycles. The maximum Gasteiger partial charge on any atom is 0.258 e. The number of phenolic OH excluding ortho intramolecular Hbond substituents is 1. The van der Waals surface area contributed by atoms with E-state index < -0.39 is 0 Å². The number of benzene rings is 1. The van der Waals surface area contributed by atoms with Crippen molar-refractivity contribution in [3.63, 3.8) is 0 Å². The third kappa shape index (κ3) is 3.63. The molecular weight excluding hydrogens is 234 g/mol. The summed E-state index contributed by atoms with van der Waals surface area (Å²) >= 11 is 0. The van der Waals surface area contributed by atoms with Crippen LogP contribution >= 0.6 is 0 Å². The van der Waals surface area contributed by atoms with Crippen LogP contribution in [0.2, 0.25) is 0 Å². The predicted octanol–water partition coefficient (Wildman–Crippen LogP) is 1.07. The number of para-hydroxylation sites is 2. The van der Waals surface area contributed by atoms with E-state index in [9.17, 15) is 9.90 Å². The van der Waals surface area contributed by atoms with Gasteiger partial charge in [0.2, 0.25) is 0 Å². The summed E-state index contributed by atoms with van der Waals surface area (Å²) in [5.41, 5.74) is 0. The van der Waals surface area contributed by atoms with E-state index in [4.69, 9.17) is 9.47 Å². The van der Waals surface area contributed by atoms with Gasteiger partial charge < -0.3 is 19.9 Å². The quantitative estimate of drug-likeness (QED) is 0.821. The summed E-state index contributed by atoms with van der Waals surface area (Å²) in [5, 5.41) is 12.2. The fourth-order valence-electron chi connectivity index (χ4n) is 1.81. The number of hydrogen-bond acceptors (Lipinski definition) is 4. The first-order valence-electron chi connectivity index (χ1n) is 6.05. The van der Waals surface area contributed by atoms with Crippen molar-refractivity contribution in [3.05, 3.63) is 24.3 Å². The van der Waals surface area contributed by atoms with Crippen molar-refractivity contribution in [2.24, 2.45) is 0 Å². The molecule has 0 radical (unpaired) electrons. The fraction of sp³-hybridized carbons (Fsp3) is 0.462. The Hall–Kier alpha value is -1.75. The SMILES string of the molecule is O=C(COc1ccccc1O)NC[C@H]1CCCO1. The largest absolute Gasteiger partial charge is 0.504 e. The van der Waals surface area contributed by atoms with Gasteiger partial charge in [-0.1, -0.05) is 12.1 Å². The lowest BCUT2D eigenvalue weighted by Gasteiger charge is -2.11. The molecule has 18 heavy (non-hydrogen) atoms. The molecule has 1 amide bonds. The molecule has 1 aliphatic rings. The van der Waals surface area contributed by atoms with E-state index in [1.54, 1.807) is 18.2 Å². The normalized spacial score (nSPS) is 18.6. The molecule has 5 nitrogen and oxygen atoms in total. The molecule has 1 heterocycles. The van der Waals surface area contributed by atoms with Gasteiger partial charge in [0.05, 0.1) is 6.10 Å². The standard InChI is InChI=1S/C13H17NO4/c15-11-5-1-2-6-12(11)18-9-13(16)14-8-10-4-3-7-17-10/h1-2,5-6,10,15H,3-4,7-9H2,(H,14,16)/t10-/m1/s1. The average Bonchev–Trinajstić information content (AvgIpc) is 2.88. The lowest BCUT2D eigenvalue weighted by atomic mass is 10.2. The van der Waals surface area contributed by atoms with Crippen molar-refractivity contribution in [1.82, 2.24) is 5.32 Å². The van der Waals surface area contributed by atoms with Crippen LogP contribution in [0.4, 0.5) is 0 Å². The van der Waals surface area contributed by atoms with Gasteiger partial charge in [-0.3, -0.25) is 4.79 Å². The molecule has 1 aromatic rings. The molecule has 1 aliphatic heterocycles. The van der Waals surface area contributed by atoms with Crippen molar-refractivity contribution in [3.8, 4) is 11.5 Å². The van der Waals surface area contributed by atoms with Gasteiger partial charge in [0.25, 0.3) is 5.91 Å². The van der Waals surface area contributed by atoms with E-state index in [1.165, 1.54) is 6.07 Å². The van der Waals surface area contributed by atoms with Gasteiger partial charge in [-0.05, 0) is 25.0 Å². The Kier molecular flexibility index (Phi) is 4.41. The Morgan fingerprint density at radius 3 is 3.06 bits per heavy atom. The summed E-state index contributed by atoms with van der Waals surface area (Å²) in [7, 11) is 0. The van der Waals surface area contributed by atoms with Gasteiger partial charge in [0, 0.05) is 13.2 Å². The second-order valence-corrected chi connectivity index (χ2v) is 4.20. The highest BCUT2D eigenvalue weighted by atomic mass is 16.5. The predicted molar refractivity (Wildman–Crippen MR) is 65.6 cm³/mol. The third-order valence-electron chi connectivity index (χ3n) is 2.77. The maximum absolute atomic E-state index is 11.5. The fourth-order valence-corrected chi connectivity index (χ4v) is 1.81. The minimum atomic E-state index is -0.214. The van der Waals surface area contributed by atoms with Crippen LogP contribution < -0.4 is 10.1 Å². The van der Waals surface area contributed by atoms with E-state index in [0.717, 1.165) is 19.4 Å². The van der Waals surface area contributed by atoms with Crippen molar-refractivity contribution in [2.45, 2.75) is 18.9 Å². The Balaban J connectivity index is 1.69. The molecule has 2 rings (SSSR count). The number of carbonyl (C=O) groups excluding carboxylic acids is 1. The zero-order chi connectivity index (χ0) is 12.8. The van der Waals surface area contributed by atoms with Gasteiger partial charge in [-0.2, -0.15) is 0 Å². The summed E-state index contributed by atoms with van der Waals surface area (Å²) < 4.78 is 10.6. The molecule has 2 N–H and O–H groups in total. The Morgan fingerprint density at radius 2 is 2.33 bits per heavy atom. The van der Waals surface area contributed by atoms with Crippen molar-refractivity contribution < 1.29 is 19.4 Å². The molecular formula is C13H17NO4. The molecule has 0 bridgehead atoms. The van der Waals surface area contributed by atoms with Crippen LogP contribution in [0.1, 0.15) is 12.8 Å². The summed E-state index contributed by atoms with van der Waals surface area (Å²) in [6, 6.07) is 6.56. The lowest BCUT2D eigenvalue weighted by molar-refractivity contribution is -0.123. The van der Waals surface area contributed by atoms with Crippen LogP contribution in [-0.4, -0.2) is 36.9 Å². The number of aromatic hydroxyl groups is 1. The number of nitrogens with one attached hydrogen (secondary N) is 1. The van der Waals surface area contributed by atoms with Crippen molar-refractivity contribution >= 4 is 5.91 Å². The second kappa shape index (κ2) is 6.26. The van der Waals surface area contributed by atoms with Crippen LogP contribution in [-0.2, 0) is 9.53 Å². The summed E-state index contributed by atoms with van der Waals surface area (Å²) in [6.07, 6.45) is 2.16. The smallest absolute Gasteiger partial charge is 0.258 e. The third-order valence-corrected chi connectivity index (χ3v) is 2.77. The lowest BCUT2D eigenvalue weighted by Crippen LogP contribution is -2.35. The first-order chi connectivity index (χ1) is 8.75. The van der Waals surface area contributed by atoms with Crippen LogP contribution in [0, 0.1) is 0 Å². The Labute approximate surface area is 106 Å². The van der Waals surface area contributed by atoms with E-state index in [1.807, 2.05) is 0 Å². The number of rotatable bonds is 5. The molecule has 0 spiro atoms. The zero-order valence-corrected chi connectivity index (χ0v) is 10.1. The monoisotopic (exact) mass is 251 g/mol. The first kappa shape index (κ1) is 12.7. The second-order valence-electron chi connectivity index (χ2n) is 4.20. The van der Waals surface area contributed by atoms with Gasteiger partial charge in [-0.25, -0.2) is 0 Å². The summed E-state index contributed by atoms with van der Waals surface area (Å²) in [5.74, 6) is 0.128. The summed E-state index contributed by atoms with van der Waals surface area (Å²) in [6.45, 7) is 1.18. The molecule has 0 saturated carbocycles. The minimum absolute atomic E-state index is 0.0319. The Morgan fingerprint density at radius 1 is 1.50 bits per heavy atom. The summed E-state index contributed by atoms with van der Waals surface area (Å²) in [4.78, 5) is 11.5. The Bertz CT molecular complexity index is 402. The highest BCUT2D eigenvalue weighted by Gasteiger charge is 2.16. The van der Waals surface area contributed by atoms with Crippen LogP contribution in [0.5, 0.6) is 11.5 Å². The molecule has 0 aliphatic carbocycles. The van der Waals surface area contributed by atoms with Gasteiger partial charge in [0.1, 0.15) is 0 Å².